The van der Waals surface area contributed by atoms with Gasteiger partial charge in [0.15, 0.2) is 23.0 Å². The minimum atomic E-state index is -0.537. The van der Waals surface area contributed by atoms with Crippen LogP contribution in [0.15, 0.2) is 61.2 Å². The number of ether oxygens (including phenoxy) is 5. The highest BCUT2D eigenvalue weighted by Crippen LogP contribution is 2.39. The summed E-state index contributed by atoms with van der Waals surface area (Å²) in [7, 11) is 7.61. The van der Waals surface area contributed by atoms with Gasteiger partial charge in [-0.2, -0.15) is 0 Å². The SMILES string of the molecule is C.CC(=O)OCCN(C)CCCOc1cc2ncnc3c2cc1OCCCCC(=O)[C@H](C)N(C)Cc1cc(F)c(Cl)cc1N3.C[C@H]1C(=O)CCCCOc2cc3c(ncnc3cc2OCCCN(C)CCO)Nc2cc(Cl)c(F)cc2CN1C. The molecular formula is C61H80Cl2F2N10O9. The molecule has 2 atom stereocenters. The fourth-order valence-electron chi connectivity index (χ4n) is 9.36. The highest BCUT2D eigenvalue weighted by Gasteiger charge is 2.24. The Balaban J connectivity index is 0.000000267. The number of anilines is 4. The number of hydrogen-bond donors (Lipinski definition) is 3. The van der Waals surface area contributed by atoms with Gasteiger partial charge in [-0.15, -0.1) is 0 Å². The van der Waals surface area contributed by atoms with Crippen molar-refractivity contribution in [3.05, 3.63) is 94.0 Å². The number of likely N-dealkylation sites (N-methyl/N-ethyl adjacent to an activating group) is 4. The number of aliphatic hydroxyl groups excluding tert-OH is 1. The van der Waals surface area contributed by atoms with Gasteiger partial charge in [-0.05, 0) is 128 Å². The maximum Gasteiger partial charge on any atom is 0.302 e. The summed E-state index contributed by atoms with van der Waals surface area (Å²) >= 11 is 12.3. The van der Waals surface area contributed by atoms with Crippen LogP contribution in [0.2, 0.25) is 10.0 Å². The van der Waals surface area contributed by atoms with Crippen LogP contribution in [-0.2, 0) is 32.2 Å². The van der Waals surface area contributed by atoms with Crippen LogP contribution in [0.25, 0.3) is 21.8 Å². The van der Waals surface area contributed by atoms with Crippen LogP contribution in [0.5, 0.6) is 23.0 Å². The quantitative estimate of drug-likeness (QED) is 0.0645. The number of benzene rings is 4. The van der Waals surface area contributed by atoms with Crippen molar-refractivity contribution >= 4 is 85.6 Å². The molecule has 6 aromatic rings. The first-order chi connectivity index (χ1) is 39.9. The molecule has 2 aliphatic rings. The second-order valence-electron chi connectivity index (χ2n) is 21.0. The van der Waals surface area contributed by atoms with Gasteiger partial charge in [-0.25, -0.2) is 28.7 Å². The summed E-state index contributed by atoms with van der Waals surface area (Å²) in [5.74, 6) is 2.09. The predicted octanol–water partition coefficient (Wildman–Crippen LogP) is 10.8. The number of aromatic nitrogens is 4. The van der Waals surface area contributed by atoms with Gasteiger partial charge in [0.25, 0.3) is 0 Å². The molecule has 8 rings (SSSR count). The number of carbonyl (C=O) groups excluding carboxylic acids is 3. The molecule has 0 amide bonds. The summed E-state index contributed by atoms with van der Waals surface area (Å²) in [6, 6.07) is 12.5. The van der Waals surface area contributed by atoms with Gasteiger partial charge in [-0.1, -0.05) is 30.6 Å². The van der Waals surface area contributed by atoms with E-state index in [2.05, 4.69) is 35.5 Å². The average molecular weight is 1210 g/mol. The minimum absolute atomic E-state index is 0. The van der Waals surface area contributed by atoms with E-state index in [1.807, 2.05) is 81.0 Å². The number of nitrogens with one attached hydrogen (secondary N) is 2. The van der Waals surface area contributed by atoms with Gasteiger partial charge in [0.2, 0.25) is 0 Å². The third-order valence-electron chi connectivity index (χ3n) is 14.6. The Kier molecular flexibility index (Phi) is 25.8. The van der Waals surface area contributed by atoms with E-state index >= 15 is 0 Å². The monoisotopic (exact) mass is 1200 g/mol. The number of rotatable bonds is 15. The molecule has 3 N–H and O–H groups in total. The third kappa shape index (κ3) is 19.0. The largest absolute Gasteiger partial charge is 0.490 e. The first kappa shape index (κ1) is 66.5. The summed E-state index contributed by atoms with van der Waals surface area (Å²) in [6.45, 7) is 10.8. The van der Waals surface area contributed by atoms with E-state index in [0.717, 1.165) is 25.9 Å². The molecule has 0 saturated carbocycles. The van der Waals surface area contributed by atoms with Crippen molar-refractivity contribution in [1.82, 2.24) is 39.5 Å². The van der Waals surface area contributed by atoms with Gasteiger partial charge in [0.1, 0.15) is 54.1 Å². The smallest absolute Gasteiger partial charge is 0.302 e. The topological polar surface area (TPSA) is 206 Å². The number of Topliss-reactive ketones (excluding diaryl/α,β-unsaturated/α-hetero) is 2. The normalized spacial score (nSPS) is 16.6. The first-order valence-corrected chi connectivity index (χ1v) is 28.8. The van der Waals surface area contributed by atoms with E-state index in [0.29, 0.717) is 177 Å². The standard InChI is InChI=1S/C31H39ClFN5O5.C29H37ClFN5O4.CH4/c1-20-28(40)8-5-6-11-42-29-15-23-27(17-30(29)43-12-7-9-37(3)10-13-41-21(2)39)34-19-35-31(23)36-26-16-24(32)25(33)14-22(26)18-38(20)4;1-19-26(38)7-4-5-11-39-27-14-21-25(16-28(27)40-12-6-8-35(2)9-10-37)32-18-33-29(21)34-24-15-22(30)23(31)13-20(24)17-36(19)3;/h14-17,19-20H,5-13,18H2,1-4H3,(H,34,35,36);13-16,18-19,37H,4-12,17H2,1-3H3,(H,32,33,34);1H4/t20-;19-;/m00./s1. The molecule has 4 bridgehead atoms. The van der Waals surface area contributed by atoms with Crippen molar-refractivity contribution in [1.29, 1.82) is 0 Å². The Labute approximate surface area is 501 Å². The van der Waals surface area contributed by atoms with Crippen molar-refractivity contribution in [3.63, 3.8) is 0 Å². The van der Waals surface area contributed by atoms with Gasteiger partial charge < -0.3 is 49.2 Å². The summed E-state index contributed by atoms with van der Waals surface area (Å²) < 4.78 is 58.7. The van der Waals surface area contributed by atoms with Crippen LogP contribution in [-0.4, -0.2) is 168 Å². The fourth-order valence-corrected chi connectivity index (χ4v) is 9.69. The van der Waals surface area contributed by atoms with Crippen LogP contribution < -0.4 is 29.6 Å². The molecule has 0 radical (unpaired) electrons. The van der Waals surface area contributed by atoms with Crippen LogP contribution in [0.3, 0.4) is 0 Å². The van der Waals surface area contributed by atoms with E-state index < -0.39 is 11.6 Å². The van der Waals surface area contributed by atoms with Crippen LogP contribution >= 0.6 is 23.2 Å². The highest BCUT2D eigenvalue weighted by molar-refractivity contribution is 6.31. The van der Waals surface area contributed by atoms with Crippen molar-refractivity contribution in [2.75, 3.05) is 105 Å². The average Bonchev–Trinajstić information content (AvgIpc) is 2.07. The van der Waals surface area contributed by atoms with Gasteiger partial charge in [-0.3, -0.25) is 24.2 Å². The molecule has 2 aliphatic heterocycles. The maximum atomic E-state index is 14.6. The molecule has 0 unspecified atom stereocenters. The van der Waals surface area contributed by atoms with Crippen LogP contribution in [0.4, 0.5) is 31.8 Å². The molecule has 0 fully saturated rings. The molecule has 0 spiro atoms. The minimum Gasteiger partial charge on any atom is -0.490 e. The zero-order chi connectivity index (χ0) is 59.6. The molecule has 2 aromatic heterocycles. The lowest BCUT2D eigenvalue weighted by molar-refractivity contribution is -0.141. The summed E-state index contributed by atoms with van der Waals surface area (Å²) in [5.41, 5.74) is 3.74. The van der Waals surface area contributed by atoms with Gasteiger partial charge in [0.05, 0.1) is 66.2 Å². The second kappa shape index (κ2) is 32.6. The molecule has 456 valence electrons. The molecular weight excluding hydrogens is 1130 g/mol. The Hall–Kier alpha value is -6.59. The van der Waals surface area contributed by atoms with Crippen LogP contribution in [0.1, 0.15) is 90.7 Å². The van der Waals surface area contributed by atoms with E-state index in [1.165, 1.54) is 43.8 Å². The Bertz CT molecular complexity index is 3180. The number of ketones is 2. The number of nitrogens with zero attached hydrogens (tertiary/aromatic N) is 8. The lowest BCUT2D eigenvalue weighted by Gasteiger charge is -2.25. The van der Waals surface area contributed by atoms with Crippen molar-refractivity contribution in [2.45, 2.75) is 105 Å². The zero-order valence-electron chi connectivity index (χ0n) is 48.4. The molecule has 23 heteroatoms. The predicted molar refractivity (Wildman–Crippen MR) is 325 cm³/mol. The molecule has 4 aromatic carbocycles. The van der Waals surface area contributed by atoms with Crippen molar-refractivity contribution < 1.29 is 52.0 Å². The number of aliphatic hydroxyl groups is 1. The Morgan fingerprint density at radius 1 is 0.667 bits per heavy atom. The number of halogens is 4. The summed E-state index contributed by atoms with van der Waals surface area (Å²) in [4.78, 5) is 62.5. The molecule has 19 nitrogen and oxygen atoms in total. The zero-order valence-corrected chi connectivity index (χ0v) is 49.9. The van der Waals surface area contributed by atoms with E-state index in [4.69, 9.17) is 52.0 Å². The highest BCUT2D eigenvalue weighted by atomic mass is 35.5. The third-order valence-corrected chi connectivity index (χ3v) is 15.2. The maximum absolute atomic E-state index is 14.6. The Morgan fingerprint density at radius 2 is 1.11 bits per heavy atom. The van der Waals surface area contributed by atoms with E-state index in [9.17, 15) is 23.2 Å². The van der Waals surface area contributed by atoms with E-state index in [1.54, 1.807) is 0 Å². The number of esters is 1. The summed E-state index contributed by atoms with van der Waals surface area (Å²) in [5, 5.41) is 17.1. The summed E-state index contributed by atoms with van der Waals surface area (Å²) in [6.07, 6.45) is 8.02. The number of fused-ring (bicyclic) bond motifs is 4. The molecule has 0 saturated heterocycles. The first-order valence-electron chi connectivity index (χ1n) is 28.0. The Morgan fingerprint density at radius 3 is 1.54 bits per heavy atom. The van der Waals surface area contributed by atoms with E-state index in [-0.39, 0.29) is 53.7 Å². The molecule has 84 heavy (non-hydrogen) atoms. The fraction of sp³-hybridized carbons (Fsp3) is 0.492. The lowest BCUT2D eigenvalue weighted by Crippen LogP contribution is -2.35. The molecule has 0 aliphatic carbocycles. The van der Waals surface area contributed by atoms with Crippen LogP contribution in [0, 0.1) is 11.6 Å². The number of hydrogen-bond acceptors (Lipinski definition) is 19. The second-order valence-corrected chi connectivity index (χ2v) is 21.8. The van der Waals surface area contributed by atoms with Gasteiger partial charge in [0, 0.05) is 93.3 Å². The number of carbonyl (C=O) groups is 3. The van der Waals surface area contributed by atoms with Crippen molar-refractivity contribution in [2.24, 2.45) is 0 Å². The van der Waals surface area contributed by atoms with Crippen molar-refractivity contribution in [3.8, 4) is 23.0 Å². The van der Waals surface area contributed by atoms with Gasteiger partial charge >= 0.3 is 5.97 Å². The lowest BCUT2D eigenvalue weighted by atomic mass is 10.1. The molecule has 4 heterocycles.